The van der Waals surface area contributed by atoms with Gasteiger partial charge in [0.25, 0.3) is 0 Å². The summed E-state index contributed by atoms with van der Waals surface area (Å²) in [5, 5.41) is 3.00. The Kier molecular flexibility index (Phi) is 6.14. The Bertz CT molecular complexity index is 335. The van der Waals surface area contributed by atoms with Crippen molar-refractivity contribution in [1.82, 2.24) is 10.2 Å². The van der Waals surface area contributed by atoms with Gasteiger partial charge in [-0.25, -0.2) is 0 Å². The van der Waals surface area contributed by atoms with Crippen LogP contribution in [0.1, 0.15) is 51.4 Å². The minimum atomic E-state index is 0.0251. The third-order valence-electron chi connectivity index (χ3n) is 4.45. The number of halogens is 1. The highest BCUT2D eigenvalue weighted by Crippen LogP contribution is 2.26. The second-order valence-corrected chi connectivity index (χ2v) is 6.32. The maximum absolute atomic E-state index is 12.4. The van der Waals surface area contributed by atoms with E-state index in [-0.39, 0.29) is 17.9 Å². The number of alkyl halides is 1. The molecule has 4 nitrogen and oxygen atoms in total. The fourth-order valence-electron chi connectivity index (χ4n) is 3.24. The normalized spacial score (nSPS) is 21.8. The molecule has 20 heavy (non-hydrogen) atoms. The van der Waals surface area contributed by atoms with E-state index in [9.17, 15) is 9.59 Å². The summed E-state index contributed by atoms with van der Waals surface area (Å²) in [5.74, 6) is 0.989. The van der Waals surface area contributed by atoms with Crippen LogP contribution in [0.15, 0.2) is 0 Å². The van der Waals surface area contributed by atoms with Gasteiger partial charge < -0.3 is 10.2 Å². The van der Waals surface area contributed by atoms with Crippen molar-refractivity contribution in [3.05, 3.63) is 0 Å². The minimum Gasteiger partial charge on any atom is -0.353 e. The Balaban J connectivity index is 1.73. The summed E-state index contributed by atoms with van der Waals surface area (Å²) in [4.78, 5) is 25.9. The van der Waals surface area contributed by atoms with E-state index in [2.05, 4.69) is 5.32 Å². The zero-order valence-corrected chi connectivity index (χ0v) is 12.8. The highest BCUT2D eigenvalue weighted by atomic mass is 35.5. The molecule has 1 heterocycles. The molecule has 0 radical (unpaired) electrons. The maximum Gasteiger partial charge on any atom is 0.225 e. The topological polar surface area (TPSA) is 49.4 Å². The number of rotatable bonds is 4. The van der Waals surface area contributed by atoms with Crippen LogP contribution >= 0.6 is 11.6 Å². The fourth-order valence-corrected chi connectivity index (χ4v) is 3.41. The van der Waals surface area contributed by atoms with E-state index in [0.29, 0.717) is 18.2 Å². The van der Waals surface area contributed by atoms with Gasteiger partial charge in [0.2, 0.25) is 11.8 Å². The van der Waals surface area contributed by atoms with E-state index in [1.165, 1.54) is 19.3 Å². The van der Waals surface area contributed by atoms with Gasteiger partial charge in [-0.1, -0.05) is 19.3 Å². The molecular formula is C15H25ClN2O2. The van der Waals surface area contributed by atoms with Crippen molar-refractivity contribution in [2.24, 2.45) is 5.92 Å². The fraction of sp³-hybridized carbons (Fsp3) is 0.867. The number of piperidine rings is 1. The van der Waals surface area contributed by atoms with Gasteiger partial charge in [-0.15, -0.1) is 11.6 Å². The van der Waals surface area contributed by atoms with Gasteiger partial charge in [-0.3, -0.25) is 9.59 Å². The summed E-state index contributed by atoms with van der Waals surface area (Å²) in [7, 11) is 0. The molecule has 2 amide bonds. The summed E-state index contributed by atoms with van der Waals surface area (Å²) in [6, 6.07) is 0.209. The third-order valence-corrected chi connectivity index (χ3v) is 4.64. The predicted molar refractivity (Wildman–Crippen MR) is 79.7 cm³/mol. The van der Waals surface area contributed by atoms with Crippen LogP contribution in [0.3, 0.4) is 0 Å². The third kappa shape index (κ3) is 4.37. The molecule has 0 aromatic heterocycles. The van der Waals surface area contributed by atoms with Crippen LogP contribution in [0, 0.1) is 5.92 Å². The zero-order valence-electron chi connectivity index (χ0n) is 12.1. The van der Waals surface area contributed by atoms with E-state index in [4.69, 9.17) is 11.6 Å². The molecule has 0 aromatic carbocycles. The molecule has 114 valence electrons. The first-order valence-corrected chi connectivity index (χ1v) is 8.38. The van der Waals surface area contributed by atoms with Gasteiger partial charge in [-0.2, -0.15) is 0 Å². The Hall–Kier alpha value is -0.770. The van der Waals surface area contributed by atoms with Crippen molar-refractivity contribution in [2.75, 3.05) is 19.0 Å². The molecule has 2 aliphatic rings. The lowest BCUT2D eigenvalue weighted by Gasteiger charge is -2.35. The second kappa shape index (κ2) is 7.87. The van der Waals surface area contributed by atoms with Crippen LogP contribution in [-0.2, 0) is 9.59 Å². The number of hydrogen-bond donors (Lipinski definition) is 1. The van der Waals surface area contributed by atoms with Crippen LogP contribution in [-0.4, -0.2) is 41.7 Å². The molecule has 1 saturated carbocycles. The second-order valence-electron chi connectivity index (χ2n) is 5.94. The van der Waals surface area contributed by atoms with Gasteiger partial charge in [0.1, 0.15) is 0 Å². The van der Waals surface area contributed by atoms with Crippen molar-refractivity contribution < 1.29 is 9.59 Å². The quantitative estimate of drug-likeness (QED) is 0.810. The van der Waals surface area contributed by atoms with Gasteiger partial charge in [0.05, 0.1) is 0 Å². The van der Waals surface area contributed by atoms with E-state index in [0.717, 1.165) is 38.8 Å². The summed E-state index contributed by atoms with van der Waals surface area (Å²) in [5.41, 5.74) is 0. The highest BCUT2D eigenvalue weighted by Gasteiger charge is 2.29. The first-order valence-electron chi connectivity index (χ1n) is 7.85. The number of nitrogens with zero attached hydrogens (tertiary/aromatic N) is 1. The average Bonchev–Trinajstić information content (AvgIpc) is 2.48. The van der Waals surface area contributed by atoms with Gasteiger partial charge in [-0.05, 0) is 25.7 Å². The monoisotopic (exact) mass is 300 g/mol. The van der Waals surface area contributed by atoms with Crippen LogP contribution in [0.5, 0.6) is 0 Å². The molecular weight excluding hydrogens is 276 g/mol. The van der Waals surface area contributed by atoms with Gasteiger partial charge in [0, 0.05) is 37.4 Å². The summed E-state index contributed by atoms with van der Waals surface area (Å²) < 4.78 is 0. The standard InChI is InChI=1S/C15H25ClN2O2/c16-9-6-14(19)17-13-7-10-18(11-8-13)15(20)12-4-2-1-3-5-12/h12-13H,1-11H2,(H,17,19). The SMILES string of the molecule is O=C(CCCl)NC1CCN(C(=O)C2CCCCC2)CC1. The number of carbonyl (C=O) groups is 2. The molecule has 1 aliphatic carbocycles. The molecule has 5 heteroatoms. The number of hydrogen-bond acceptors (Lipinski definition) is 2. The lowest BCUT2D eigenvalue weighted by Crippen LogP contribution is -2.48. The molecule has 0 aromatic rings. The molecule has 2 fully saturated rings. The van der Waals surface area contributed by atoms with Crippen LogP contribution in [0.4, 0.5) is 0 Å². The van der Waals surface area contributed by atoms with Gasteiger partial charge >= 0.3 is 0 Å². The smallest absolute Gasteiger partial charge is 0.225 e. The summed E-state index contributed by atoms with van der Waals surface area (Å²) >= 11 is 5.55. The van der Waals surface area contributed by atoms with Crippen LogP contribution < -0.4 is 5.32 Å². The lowest BCUT2D eigenvalue weighted by molar-refractivity contribution is -0.137. The van der Waals surface area contributed by atoms with E-state index in [1.807, 2.05) is 4.90 Å². The van der Waals surface area contributed by atoms with Crippen LogP contribution in [0.2, 0.25) is 0 Å². The number of likely N-dealkylation sites (tertiary alicyclic amines) is 1. The molecule has 1 saturated heterocycles. The highest BCUT2D eigenvalue weighted by molar-refractivity contribution is 6.18. The molecule has 0 spiro atoms. The first-order chi connectivity index (χ1) is 9.70. The van der Waals surface area contributed by atoms with E-state index in [1.54, 1.807) is 0 Å². The number of carbonyl (C=O) groups excluding carboxylic acids is 2. The van der Waals surface area contributed by atoms with Gasteiger partial charge in [0.15, 0.2) is 0 Å². The largest absolute Gasteiger partial charge is 0.353 e. The van der Waals surface area contributed by atoms with E-state index < -0.39 is 0 Å². The molecule has 2 rings (SSSR count). The lowest BCUT2D eigenvalue weighted by atomic mass is 9.87. The van der Waals surface area contributed by atoms with Crippen molar-refractivity contribution in [3.8, 4) is 0 Å². The van der Waals surface area contributed by atoms with Crippen LogP contribution in [0.25, 0.3) is 0 Å². The number of amides is 2. The molecule has 0 atom stereocenters. The Morgan fingerprint density at radius 3 is 2.30 bits per heavy atom. The van der Waals surface area contributed by atoms with Crippen molar-refractivity contribution in [2.45, 2.75) is 57.4 Å². The molecule has 1 N–H and O–H groups in total. The maximum atomic E-state index is 12.4. The number of nitrogens with one attached hydrogen (secondary N) is 1. The summed E-state index contributed by atoms with van der Waals surface area (Å²) in [6.07, 6.45) is 7.90. The molecule has 1 aliphatic heterocycles. The van der Waals surface area contributed by atoms with Crippen molar-refractivity contribution in [1.29, 1.82) is 0 Å². The van der Waals surface area contributed by atoms with Crippen molar-refractivity contribution in [3.63, 3.8) is 0 Å². The molecule has 0 bridgehead atoms. The van der Waals surface area contributed by atoms with Crippen molar-refractivity contribution >= 4 is 23.4 Å². The summed E-state index contributed by atoms with van der Waals surface area (Å²) in [6.45, 7) is 1.56. The minimum absolute atomic E-state index is 0.0251. The molecule has 0 unspecified atom stereocenters. The first kappa shape index (κ1) is 15.6. The Morgan fingerprint density at radius 1 is 1.05 bits per heavy atom. The Morgan fingerprint density at radius 2 is 1.70 bits per heavy atom. The van der Waals surface area contributed by atoms with E-state index >= 15 is 0 Å². The predicted octanol–water partition coefficient (Wildman–Crippen LogP) is 2.30. The average molecular weight is 301 g/mol. The zero-order chi connectivity index (χ0) is 14.4. The Labute approximate surface area is 126 Å².